The first-order valence-electron chi connectivity index (χ1n) is 9.21. The summed E-state index contributed by atoms with van der Waals surface area (Å²) in [5.74, 6) is -1.68. The summed E-state index contributed by atoms with van der Waals surface area (Å²) in [7, 11) is 1.22. The lowest BCUT2D eigenvalue weighted by atomic mass is 10.2. The zero-order chi connectivity index (χ0) is 24.4. The molecule has 33 heavy (non-hydrogen) atoms. The second-order valence-electron chi connectivity index (χ2n) is 6.60. The van der Waals surface area contributed by atoms with E-state index < -0.39 is 35.8 Å². The number of benzene rings is 2. The van der Waals surface area contributed by atoms with E-state index in [0.29, 0.717) is 4.68 Å². The normalized spacial score (nSPS) is 12.0. The van der Waals surface area contributed by atoms with Crippen molar-refractivity contribution in [2.24, 2.45) is 0 Å². The number of carbonyl (C=O) groups excluding carboxylic acids is 1. The van der Waals surface area contributed by atoms with E-state index >= 15 is 0 Å². The average Bonchev–Trinajstić information content (AvgIpc) is 3.04. The van der Waals surface area contributed by atoms with Crippen LogP contribution in [0.5, 0.6) is 17.2 Å². The molecule has 176 valence electrons. The van der Waals surface area contributed by atoms with E-state index in [2.05, 4.69) is 9.84 Å². The van der Waals surface area contributed by atoms with Gasteiger partial charge in [-0.15, -0.1) is 5.10 Å². The highest BCUT2D eigenvalue weighted by Gasteiger charge is 2.22. The van der Waals surface area contributed by atoms with Crippen LogP contribution in [0.15, 0.2) is 35.1 Å². The predicted molar refractivity (Wildman–Crippen MR) is 112 cm³/mol. The van der Waals surface area contributed by atoms with Crippen molar-refractivity contribution in [1.29, 1.82) is 0 Å². The van der Waals surface area contributed by atoms with Crippen LogP contribution < -0.4 is 15.2 Å². The van der Waals surface area contributed by atoms with E-state index in [9.17, 15) is 22.8 Å². The maximum absolute atomic E-state index is 14.5. The van der Waals surface area contributed by atoms with Crippen LogP contribution in [-0.2, 0) is 9.53 Å². The van der Waals surface area contributed by atoms with Gasteiger partial charge in [0.2, 0.25) is 0 Å². The molecule has 0 amide bonds. The van der Waals surface area contributed by atoms with Gasteiger partial charge in [0.05, 0.1) is 17.2 Å². The van der Waals surface area contributed by atoms with Gasteiger partial charge in [-0.1, -0.05) is 23.2 Å². The number of alkyl halides is 2. The topological polar surface area (TPSA) is 84.6 Å². The van der Waals surface area contributed by atoms with Gasteiger partial charge < -0.3 is 14.2 Å². The molecular weight excluding hydrogens is 490 g/mol. The fourth-order valence-electron chi connectivity index (χ4n) is 2.79. The molecule has 0 saturated heterocycles. The van der Waals surface area contributed by atoms with E-state index in [1.165, 1.54) is 39.2 Å². The molecule has 0 aliphatic rings. The molecule has 0 fully saturated rings. The van der Waals surface area contributed by atoms with Gasteiger partial charge in [-0.05, 0) is 32.0 Å². The Labute approximate surface area is 195 Å². The molecule has 3 rings (SSSR count). The maximum atomic E-state index is 14.5. The zero-order valence-corrected chi connectivity index (χ0v) is 18.8. The fourth-order valence-corrected chi connectivity index (χ4v) is 3.19. The number of methoxy groups -OCH3 is 1. The first-order chi connectivity index (χ1) is 15.5. The van der Waals surface area contributed by atoms with Crippen LogP contribution in [-0.4, -0.2) is 33.5 Å². The quantitative estimate of drug-likeness (QED) is 0.424. The van der Waals surface area contributed by atoms with Crippen LogP contribution in [0.4, 0.5) is 13.2 Å². The van der Waals surface area contributed by atoms with Gasteiger partial charge in [-0.3, -0.25) is 0 Å². The molecule has 2 aromatic carbocycles. The second kappa shape index (κ2) is 9.75. The Morgan fingerprint density at radius 3 is 2.36 bits per heavy atom. The number of aryl methyl sites for hydroxylation is 1. The zero-order valence-electron chi connectivity index (χ0n) is 17.3. The van der Waals surface area contributed by atoms with Gasteiger partial charge in [0.1, 0.15) is 28.8 Å². The molecule has 0 bridgehead atoms. The van der Waals surface area contributed by atoms with Gasteiger partial charge >= 0.3 is 18.2 Å². The van der Waals surface area contributed by atoms with Crippen molar-refractivity contribution in [3.8, 4) is 22.9 Å². The lowest BCUT2D eigenvalue weighted by molar-refractivity contribution is -0.147. The molecule has 0 saturated carbocycles. The Bertz CT molecular complexity index is 1260. The molecule has 0 aliphatic heterocycles. The van der Waals surface area contributed by atoms with Crippen molar-refractivity contribution >= 4 is 29.2 Å². The van der Waals surface area contributed by atoms with Crippen molar-refractivity contribution in [3.63, 3.8) is 0 Å². The van der Waals surface area contributed by atoms with Crippen molar-refractivity contribution in [2.75, 3.05) is 7.11 Å². The monoisotopic (exact) mass is 505 g/mol. The Hall–Kier alpha value is -3.18. The van der Waals surface area contributed by atoms with Crippen molar-refractivity contribution in [1.82, 2.24) is 14.3 Å². The molecule has 8 nitrogen and oxygen atoms in total. The lowest BCUT2D eigenvalue weighted by Gasteiger charge is -2.15. The summed E-state index contributed by atoms with van der Waals surface area (Å²) in [4.78, 5) is 23.7. The van der Waals surface area contributed by atoms with Gasteiger partial charge in [0, 0.05) is 12.1 Å². The van der Waals surface area contributed by atoms with Crippen LogP contribution in [0.3, 0.4) is 0 Å². The summed E-state index contributed by atoms with van der Waals surface area (Å²) in [6.07, 6.45) is -0.887. The Morgan fingerprint density at radius 2 is 1.79 bits per heavy atom. The minimum atomic E-state index is -3.15. The molecule has 0 N–H and O–H groups in total. The summed E-state index contributed by atoms with van der Waals surface area (Å²) in [6, 6.07) is 6.10. The highest BCUT2D eigenvalue weighted by Crippen LogP contribution is 2.37. The second-order valence-corrected chi connectivity index (χ2v) is 7.42. The molecule has 0 radical (unpaired) electrons. The predicted octanol–water partition coefficient (Wildman–Crippen LogP) is 4.92. The van der Waals surface area contributed by atoms with Gasteiger partial charge in [-0.2, -0.15) is 13.5 Å². The van der Waals surface area contributed by atoms with E-state index in [1.807, 2.05) is 0 Å². The van der Waals surface area contributed by atoms with Crippen LogP contribution in [0.1, 0.15) is 19.3 Å². The third-order valence-electron chi connectivity index (χ3n) is 4.37. The van der Waals surface area contributed by atoms with Crippen molar-refractivity contribution in [3.05, 3.63) is 62.5 Å². The largest absolute Gasteiger partial charge is 0.479 e. The molecular formula is C20H16Cl2F3N3O5. The van der Waals surface area contributed by atoms with Crippen molar-refractivity contribution in [2.45, 2.75) is 26.5 Å². The van der Waals surface area contributed by atoms with Crippen LogP contribution in [0.25, 0.3) is 5.69 Å². The highest BCUT2D eigenvalue weighted by molar-refractivity contribution is 6.33. The maximum Gasteiger partial charge on any atom is 0.355 e. The van der Waals surface area contributed by atoms with Crippen LogP contribution in [0.2, 0.25) is 10.0 Å². The van der Waals surface area contributed by atoms with E-state index in [4.69, 9.17) is 32.7 Å². The number of hydrogen-bond donors (Lipinski definition) is 0. The standard InChI is InChI=1S/C20H16Cl2F3N3O5/c1-9(18(29)31-3)32-11-4-5-16(12(21)6-11)33-17-8-15(14(23)7-13(17)22)28-20(30)27(19(24)25)10(2)26-28/h4-9,19H,1-3H3. The van der Waals surface area contributed by atoms with Gasteiger partial charge in [-0.25, -0.2) is 18.5 Å². The molecule has 1 atom stereocenters. The number of nitrogens with zero attached hydrogens (tertiary/aromatic N) is 3. The first-order valence-corrected chi connectivity index (χ1v) is 9.96. The van der Waals surface area contributed by atoms with Crippen LogP contribution >= 0.6 is 23.2 Å². The average molecular weight is 506 g/mol. The van der Waals surface area contributed by atoms with E-state index in [0.717, 1.165) is 12.1 Å². The summed E-state index contributed by atoms with van der Waals surface area (Å²) in [6.45, 7) is -0.485. The van der Waals surface area contributed by atoms with E-state index in [1.54, 1.807) is 0 Å². The molecule has 3 aromatic rings. The minimum absolute atomic E-state index is 0.0569. The first kappa shape index (κ1) is 24.5. The summed E-state index contributed by atoms with van der Waals surface area (Å²) in [5.41, 5.74) is -1.70. The summed E-state index contributed by atoms with van der Waals surface area (Å²) in [5, 5.41) is 3.57. The van der Waals surface area contributed by atoms with Gasteiger partial charge in [0.25, 0.3) is 0 Å². The number of rotatable bonds is 7. The fraction of sp³-hybridized carbons (Fsp3) is 0.250. The molecule has 1 heterocycles. The molecule has 1 aromatic heterocycles. The van der Waals surface area contributed by atoms with E-state index in [-0.39, 0.29) is 37.7 Å². The Balaban J connectivity index is 1.94. The number of aromatic nitrogens is 3. The highest BCUT2D eigenvalue weighted by atomic mass is 35.5. The third-order valence-corrected chi connectivity index (χ3v) is 4.97. The molecule has 13 heteroatoms. The number of esters is 1. The Morgan fingerprint density at radius 1 is 1.12 bits per heavy atom. The van der Waals surface area contributed by atoms with Crippen molar-refractivity contribution < 1.29 is 32.2 Å². The van der Waals surface area contributed by atoms with Gasteiger partial charge in [0.15, 0.2) is 11.9 Å². The molecule has 0 aliphatic carbocycles. The number of carbonyl (C=O) groups is 1. The summed E-state index contributed by atoms with van der Waals surface area (Å²) < 4.78 is 56.9. The molecule has 0 spiro atoms. The third kappa shape index (κ3) is 5.09. The molecule has 1 unspecified atom stereocenters. The minimum Gasteiger partial charge on any atom is -0.479 e. The SMILES string of the molecule is COC(=O)C(C)Oc1ccc(Oc2cc(-n3nc(C)n(C(F)F)c3=O)c(F)cc2Cl)c(Cl)c1. The number of hydrogen-bond acceptors (Lipinski definition) is 6. The van der Waals surface area contributed by atoms with Crippen LogP contribution in [0, 0.1) is 12.7 Å². The lowest BCUT2D eigenvalue weighted by Crippen LogP contribution is -2.25. The Kier molecular flexibility index (Phi) is 7.23. The number of halogens is 5. The number of ether oxygens (including phenoxy) is 3. The summed E-state index contributed by atoms with van der Waals surface area (Å²) >= 11 is 12.3. The smallest absolute Gasteiger partial charge is 0.355 e.